The number of anilines is 2. The van der Waals surface area contributed by atoms with E-state index in [0.29, 0.717) is 54.1 Å². The van der Waals surface area contributed by atoms with Crippen LogP contribution in [-0.2, 0) is 31.3 Å². The number of aromatic nitrogens is 1. The van der Waals surface area contributed by atoms with Gasteiger partial charge in [-0.25, -0.2) is 9.78 Å². The maximum Gasteiger partial charge on any atom is 0.399 e. The van der Waals surface area contributed by atoms with Gasteiger partial charge in [-0.15, -0.1) is 20.8 Å². The van der Waals surface area contributed by atoms with Crippen LogP contribution >= 0.6 is 58.1 Å². The number of carbonyl (C=O) groups excluding carboxylic acids is 1. The van der Waals surface area contributed by atoms with Crippen molar-refractivity contribution in [1.29, 1.82) is 0 Å². The SMILES string of the molecule is COC(=O)c1cc(-c2csc(Nc3ccc(Cl)c(Cl)c3Cc3ccc(CP(=O)(OF)OF)c(Br)c3)n2)ccc1O. The van der Waals surface area contributed by atoms with Gasteiger partial charge in [0.05, 0.1) is 29.0 Å². The van der Waals surface area contributed by atoms with Crippen LogP contribution in [0.3, 0.4) is 0 Å². The minimum atomic E-state index is -4.56. The summed E-state index contributed by atoms with van der Waals surface area (Å²) in [5.41, 5.74) is 3.50. The number of phenols is 1. The van der Waals surface area contributed by atoms with Crippen LogP contribution in [0.15, 0.2) is 58.4 Å². The van der Waals surface area contributed by atoms with Crippen LogP contribution in [0.2, 0.25) is 10.0 Å². The van der Waals surface area contributed by atoms with E-state index in [9.17, 15) is 23.5 Å². The standard InChI is InChI=1S/C25H18BrCl2F2N2O6PS/c1-36-24(34)17-10-14(4-7-22(17)33)21-12-40-25(32-21)31-20-6-5-19(27)23(28)16(20)8-13-2-3-15(18(26)9-13)11-39(35,37-29)38-30/h2-7,9-10,12,33H,8,11H2,1H3,(H,31,32). The summed E-state index contributed by atoms with van der Waals surface area (Å²) in [5.74, 6) is -0.877. The van der Waals surface area contributed by atoms with Gasteiger partial charge in [0, 0.05) is 33.1 Å². The minimum absolute atomic E-state index is 0.0173. The van der Waals surface area contributed by atoms with E-state index in [2.05, 4.69) is 35.7 Å². The maximum absolute atomic E-state index is 12.5. The van der Waals surface area contributed by atoms with Crippen molar-refractivity contribution in [3.8, 4) is 17.0 Å². The van der Waals surface area contributed by atoms with E-state index in [1.165, 1.54) is 36.6 Å². The summed E-state index contributed by atoms with van der Waals surface area (Å²) in [6.45, 7) is 0. The molecule has 0 radical (unpaired) electrons. The maximum atomic E-state index is 12.5. The Bertz CT molecular complexity index is 1620. The number of carbonyl (C=O) groups is 1. The van der Waals surface area contributed by atoms with E-state index in [-0.39, 0.29) is 11.3 Å². The van der Waals surface area contributed by atoms with Crippen molar-refractivity contribution in [1.82, 2.24) is 4.98 Å². The first-order valence-electron chi connectivity index (χ1n) is 11.2. The minimum Gasteiger partial charge on any atom is -0.507 e. The number of methoxy groups -OCH3 is 1. The molecule has 0 saturated heterocycles. The van der Waals surface area contributed by atoms with Crippen molar-refractivity contribution >= 4 is 74.9 Å². The van der Waals surface area contributed by atoms with Gasteiger partial charge >= 0.3 is 13.6 Å². The van der Waals surface area contributed by atoms with E-state index in [0.717, 1.165) is 5.56 Å². The largest absolute Gasteiger partial charge is 0.507 e. The molecule has 0 saturated carbocycles. The van der Waals surface area contributed by atoms with E-state index >= 15 is 0 Å². The Morgan fingerprint density at radius 3 is 2.58 bits per heavy atom. The molecule has 1 heterocycles. The van der Waals surface area contributed by atoms with E-state index in [4.69, 9.17) is 27.9 Å². The van der Waals surface area contributed by atoms with Crippen LogP contribution in [0, 0.1) is 0 Å². The summed E-state index contributed by atoms with van der Waals surface area (Å²) in [4.78, 5) is 16.5. The number of esters is 1. The van der Waals surface area contributed by atoms with Crippen LogP contribution in [0.4, 0.5) is 19.9 Å². The fourth-order valence-electron chi connectivity index (χ4n) is 3.73. The van der Waals surface area contributed by atoms with E-state index in [1.54, 1.807) is 35.7 Å². The van der Waals surface area contributed by atoms with Gasteiger partial charge in [0.1, 0.15) is 11.3 Å². The number of nitrogens with zero attached hydrogens (tertiary/aromatic N) is 1. The number of rotatable bonds is 10. The molecule has 210 valence electrons. The molecule has 0 amide bonds. The van der Waals surface area contributed by atoms with Gasteiger partial charge in [0.25, 0.3) is 0 Å². The van der Waals surface area contributed by atoms with Crippen molar-refractivity contribution in [2.45, 2.75) is 12.6 Å². The molecule has 0 aliphatic heterocycles. The lowest BCUT2D eigenvalue weighted by atomic mass is 10.0. The van der Waals surface area contributed by atoms with Crippen LogP contribution in [0.5, 0.6) is 5.75 Å². The Labute approximate surface area is 249 Å². The first-order valence-corrected chi connectivity index (χ1v) is 15.3. The number of benzene rings is 3. The smallest absolute Gasteiger partial charge is 0.399 e. The molecule has 0 fully saturated rings. The molecule has 1 aromatic heterocycles. The van der Waals surface area contributed by atoms with Crippen molar-refractivity contribution in [2.75, 3.05) is 12.4 Å². The summed E-state index contributed by atoms with van der Waals surface area (Å²) in [7, 11) is -3.33. The van der Waals surface area contributed by atoms with Crippen LogP contribution in [0.25, 0.3) is 11.3 Å². The molecule has 4 rings (SSSR count). The molecule has 0 bridgehead atoms. The number of aromatic hydroxyl groups is 1. The second-order valence-electron chi connectivity index (χ2n) is 8.28. The first kappa shape index (κ1) is 30.4. The van der Waals surface area contributed by atoms with Gasteiger partial charge in [-0.3, -0.25) is 4.57 Å². The third-order valence-corrected chi connectivity index (χ3v) is 9.20. The average Bonchev–Trinajstić information content (AvgIpc) is 3.42. The molecular weight excluding hydrogens is 676 g/mol. The van der Waals surface area contributed by atoms with Crippen molar-refractivity contribution in [3.63, 3.8) is 0 Å². The fraction of sp³-hybridized carbons (Fsp3) is 0.120. The average molecular weight is 694 g/mol. The van der Waals surface area contributed by atoms with Crippen molar-refractivity contribution in [2.24, 2.45) is 0 Å². The second-order valence-corrected chi connectivity index (χ2v) is 12.6. The van der Waals surface area contributed by atoms with Crippen LogP contribution < -0.4 is 5.32 Å². The van der Waals surface area contributed by atoms with Crippen molar-refractivity contribution in [3.05, 3.63) is 90.7 Å². The predicted molar refractivity (Wildman–Crippen MR) is 153 cm³/mol. The van der Waals surface area contributed by atoms with Gasteiger partial charge in [-0.1, -0.05) is 51.3 Å². The number of thiazole rings is 1. The van der Waals surface area contributed by atoms with E-state index in [1.807, 2.05) is 0 Å². The lowest BCUT2D eigenvalue weighted by Gasteiger charge is -2.15. The number of hydrogen-bond acceptors (Lipinski definition) is 9. The molecule has 15 heteroatoms. The number of nitrogens with one attached hydrogen (secondary N) is 1. The Kier molecular flexibility index (Phi) is 9.84. The van der Waals surface area contributed by atoms with Gasteiger partial charge < -0.3 is 15.2 Å². The highest BCUT2D eigenvalue weighted by molar-refractivity contribution is 9.10. The summed E-state index contributed by atoms with van der Waals surface area (Å²) < 4.78 is 48.3. The van der Waals surface area contributed by atoms with Gasteiger partial charge in [-0.05, 0) is 56.6 Å². The highest BCUT2D eigenvalue weighted by Crippen LogP contribution is 2.53. The first-order chi connectivity index (χ1) is 19.1. The molecule has 0 spiro atoms. The Morgan fingerprint density at radius 1 is 1.15 bits per heavy atom. The molecule has 40 heavy (non-hydrogen) atoms. The molecule has 3 aromatic carbocycles. The fourth-order valence-corrected chi connectivity index (χ4v) is 6.47. The predicted octanol–water partition coefficient (Wildman–Crippen LogP) is 9.20. The molecule has 0 aliphatic rings. The zero-order valence-corrected chi connectivity index (χ0v) is 25.1. The molecule has 0 atom stereocenters. The third-order valence-electron chi connectivity index (χ3n) is 5.71. The normalized spacial score (nSPS) is 11.4. The topological polar surface area (TPSA) is 107 Å². The van der Waals surface area contributed by atoms with E-state index < -0.39 is 19.7 Å². The summed E-state index contributed by atoms with van der Waals surface area (Å²) >= 11 is 17.5. The Morgan fingerprint density at radius 2 is 1.90 bits per heavy atom. The molecular formula is C25H18BrCl2F2N2O6PS. The summed E-state index contributed by atoms with van der Waals surface area (Å²) in [5, 5.41) is 16.2. The number of ether oxygens (including phenoxy) is 1. The second kappa shape index (κ2) is 12.9. The zero-order valence-electron chi connectivity index (χ0n) is 20.3. The van der Waals surface area contributed by atoms with Gasteiger partial charge in [0.15, 0.2) is 5.13 Å². The molecule has 2 N–H and O–H groups in total. The van der Waals surface area contributed by atoms with Crippen LogP contribution in [0.1, 0.15) is 27.0 Å². The lowest BCUT2D eigenvalue weighted by Crippen LogP contribution is -2.02. The van der Waals surface area contributed by atoms with Crippen molar-refractivity contribution < 1.29 is 37.7 Å². The van der Waals surface area contributed by atoms with Crippen LogP contribution in [-0.4, -0.2) is 23.2 Å². The highest BCUT2D eigenvalue weighted by Gasteiger charge is 2.29. The molecule has 8 nitrogen and oxygen atoms in total. The quantitative estimate of drug-likeness (QED) is 0.125. The van der Waals surface area contributed by atoms with Gasteiger partial charge in [-0.2, -0.15) is 0 Å². The highest BCUT2D eigenvalue weighted by atomic mass is 79.9. The lowest BCUT2D eigenvalue weighted by molar-refractivity contribution is -0.0881. The molecule has 4 aromatic rings. The Hall–Kier alpha value is -2.57. The number of halogens is 5. The third kappa shape index (κ3) is 6.83. The summed E-state index contributed by atoms with van der Waals surface area (Å²) in [6, 6.07) is 12.8. The van der Waals surface area contributed by atoms with Gasteiger partial charge in [0.2, 0.25) is 0 Å². The zero-order chi connectivity index (χ0) is 29.0. The Balaban J connectivity index is 1.60. The number of hydrogen-bond donors (Lipinski definition) is 2. The monoisotopic (exact) mass is 692 g/mol. The molecule has 0 aliphatic carbocycles. The number of phenolic OH excluding ortho intramolecular Hbond substituents is 1. The summed E-state index contributed by atoms with van der Waals surface area (Å²) in [6.07, 6.45) is -0.323. The molecule has 0 unspecified atom stereocenters.